The number of nitrogens with one attached hydrogen (secondary N) is 1. The van der Waals surface area contributed by atoms with E-state index in [-0.39, 0.29) is 5.91 Å². The van der Waals surface area contributed by atoms with Crippen LogP contribution in [0.4, 0.5) is 11.4 Å². The Kier molecular flexibility index (Phi) is 5.04. The molecule has 0 aliphatic heterocycles. The number of rotatable bonds is 5. The minimum absolute atomic E-state index is 0.176. The van der Waals surface area contributed by atoms with Crippen molar-refractivity contribution in [3.05, 3.63) is 53.6 Å². The van der Waals surface area contributed by atoms with E-state index in [9.17, 15) is 4.79 Å². The molecule has 3 N–H and O–H groups in total. The minimum Gasteiger partial charge on any atom is -0.495 e. The minimum atomic E-state index is -0.176. The first kappa shape index (κ1) is 15.9. The number of methoxy groups -OCH3 is 1. The summed E-state index contributed by atoms with van der Waals surface area (Å²) in [7, 11) is 1.55. The second kappa shape index (κ2) is 6.98. The number of para-hydroxylation sites is 1. The maximum absolute atomic E-state index is 12.4. The van der Waals surface area contributed by atoms with Gasteiger partial charge in [-0.3, -0.25) is 4.79 Å². The zero-order valence-corrected chi connectivity index (χ0v) is 13.2. The quantitative estimate of drug-likeness (QED) is 0.819. The van der Waals surface area contributed by atoms with Gasteiger partial charge in [0.05, 0.1) is 12.8 Å². The van der Waals surface area contributed by atoms with Gasteiger partial charge in [0.2, 0.25) is 0 Å². The van der Waals surface area contributed by atoms with Crippen LogP contribution in [-0.2, 0) is 0 Å². The van der Waals surface area contributed by atoms with Crippen LogP contribution in [0.5, 0.6) is 5.75 Å². The Morgan fingerprint density at radius 3 is 2.64 bits per heavy atom. The largest absolute Gasteiger partial charge is 0.495 e. The Bertz CT molecular complexity index is 668. The molecular formula is C18H22N2O2. The van der Waals surface area contributed by atoms with Gasteiger partial charge in [-0.05, 0) is 42.2 Å². The molecule has 0 aromatic heterocycles. The van der Waals surface area contributed by atoms with E-state index in [2.05, 4.69) is 19.2 Å². The topological polar surface area (TPSA) is 64.3 Å². The lowest BCUT2D eigenvalue weighted by Crippen LogP contribution is -2.14. The molecule has 0 spiro atoms. The van der Waals surface area contributed by atoms with E-state index in [0.29, 0.717) is 22.9 Å². The molecule has 22 heavy (non-hydrogen) atoms. The Morgan fingerprint density at radius 1 is 1.27 bits per heavy atom. The predicted octanol–water partition coefficient (Wildman–Crippen LogP) is 4.04. The standard InChI is InChI=1S/C18H22N2O2/c1-4-12(2)14-7-5-6-8-16(14)20-18(21)13-9-10-17(22-3)15(19)11-13/h5-12H,4,19H2,1-3H3,(H,20,21). The molecule has 2 rings (SSSR count). The highest BCUT2D eigenvalue weighted by molar-refractivity contribution is 6.05. The molecule has 0 aliphatic rings. The molecule has 1 amide bonds. The van der Waals surface area contributed by atoms with E-state index >= 15 is 0 Å². The molecule has 0 saturated carbocycles. The second-order valence-corrected chi connectivity index (χ2v) is 5.31. The number of ether oxygens (including phenoxy) is 1. The van der Waals surface area contributed by atoms with Gasteiger partial charge in [0, 0.05) is 11.3 Å². The first-order valence-corrected chi connectivity index (χ1v) is 7.40. The average Bonchev–Trinajstić information content (AvgIpc) is 2.54. The average molecular weight is 298 g/mol. The van der Waals surface area contributed by atoms with Crippen LogP contribution in [0.2, 0.25) is 0 Å². The molecule has 2 aromatic carbocycles. The van der Waals surface area contributed by atoms with Crippen molar-refractivity contribution < 1.29 is 9.53 Å². The van der Waals surface area contributed by atoms with E-state index < -0.39 is 0 Å². The maximum Gasteiger partial charge on any atom is 0.255 e. The monoisotopic (exact) mass is 298 g/mol. The summed E-state index contributed by atoms with van der Waals surface area (Å²) in [5.74, 6) is 0.777. The highest BCUT2D eigenvalue weighted by atomic mass is 16.5. The van der Waals surface area contributed by atoms with Gasteiger partial charge in [-0.15, -0.1) is 0 Å². The molecule has 1 atom stereocenters. The summed E-state index contributed by atoms with van der Waals surface area (Å²) in [6.07, 6.45) is 1.02. The lowest BCUT2D eigenvalue weighted by Gasteiger charge is -2.16. The zero-order valence-electron chi connectivity index (χ0n) is 13.2. The molecule has 0 fully saturated rings. The predicted molar refractivity (Wildman–Crippen MR) is 90.5 cm³/mol. The third-order valence-electron chi connectivity index (χ3n) is 3.84. The van der Waals surface area contributed by atoms with Gasteiger partial charge in [-0.1, -0.05) is 32.0 Å². The van der Waals surface area contributed by atoms with Crippen LogP contribution in [0.25, 0.3) is 0 Å². The molecule has 0 bridgehead atoms. The fourth-order valence-corrected chi connectivity index (χ4v) is 2.33. The van der Waals surface area contributed by atoms with E-state index in [1.54, 1.807) is 25.3 Å². The Labute approximate surface area is 131 Å². The number of nitrogen functional groups attached to an aromatic ring is 1. The van der Waals surface area contributed by atoms with Gasteiger partial charge < -0.3 is 15.8 Å². The van der Waals surface area contributed by atoms with Crippen molar-refractivity contribution in [2.75, 3.05) is 18.2 Å². The lowest BCUT2D eigenvalue weighted by molar-refractivity contribution is 0.102. The smallest absolute Gasteiger partial charge is 0.255 e. The normalized spacial score (nSPS) is 11.8. The van der Waals surface area contributed by atoms with E-state index in [1.165, 1.54) is 0 Å². The third kappa shape index (κ3) is 3.39. The van der Waals surface area contributed by atoms with Gasteiger partial charge in [0.25, 0.3) is 5.91 Å². The molecule has 0 saturated heterocycles. The molecule has 4 nitrogen and oxygen atoms in total. The lowest BCUT2D eigenvalue weighted by atomic mass is 9.97. The Morgan fingerprint density at radius 2 is 2.00 bits per heavy atom. The van der Waals surface area contributed by atoms with Crippen molar-refractivity contribution in [3.8, 4) is 5.75 Å². The van der Waals surface area contributed by atoms with Gasteiger partial charge in [-0.2, -0.15) is 0 Å². The van der Waals surface area contributed by atoms with Crippen molar-refractivity contribution in [2.45, 2.75) is 26.2 Å². The first-order valence-electron chi connectivity index (χ1n) is 7.40. The first-order chi connectivity index (χ1) is 10.6. The van der Waals surface area contributed by atoms with Crippen LogP contribution in [0.3, 0.4) is 0 Å². The summed E-state index contributed by atoms with van der Waals surface area (Å²) in [5.41, 5.74) is 8.80. The highest BCUT2D eigenvalue weighted by Gasteiger charge is 2.13. The second-order valence-electron chi connectivity index (χ2n) is 5.31. The number of anilines is 2. The molecule has 0 radical (unpaired) electrons. The van der Waals surface area contributed by atoms with E-state index in [1.807, 2.05) is 24.3 Å². The number of benzene rings is 2. The zero-order chi connectivity index (χ0) is 16.1. The number of hydrogen-bond donors (Lipinski definition) is 2. The number of carbonyl (C=O) groups excluding carboxylic acids is 1. The van der Waals surface area contributed by atoms with Crippen molar-refractivity contribution in [2.24, 2.45) is 0 Å². The SMILES string of the molecule is CCC(C)c1ccccc1NC(=O)c1ccc(OC)c(N)c1. The fourth-order valence-electron chi connectivity index (χ4n) is 2.33. The number of nitrogens with two attached hydrogens (primary N) is 1. The van der Waals surface area contributed by atoms with Gasteiger partial charge >= 0.3 is 0 Å². The highest BCUT2D eigenvalue weighted by Crippen LogP contribution is 2.27. The van der Waals surface area contributed by atoms with Crippen LogP contribution in [0, 0.1) is 0 Å². The summed E-state index contributed by atoms with van der Waals surface area (Å²) in [4.78, 5) is 12.4. The van der Waals surface area contributed by atoms with E-state index in [0.717, 1.165) is 17.7 Å². The van der Waals surface area contributed by atoms with Crippen molar-refractivity contribution >= 4 is 17.3 Å². The maximum atomic E-state index is 12.4. The van der Waals surface area contributed by atoms with Gasteiger partial charge in [0.15, 0.2) is 0 Å². The molecule has 1 unspecified atom stereocenters. The van der Waals surface area contributed by atoms with Gasteiger partial charge in [-0.25, -0.2) is 0 Å². The summed E-state index contributed by atoms with van der Waals surface area (Å²) >= 11 is 0. The molecule has 4 heteroatoms. The molecule has 116 valence electrons. The number of amides is 1. The molecule has 0 aliphatic carbocycles. The van der Waals surface area contributed by atoms with Crippen LogP contribution >= 0.6 is 0 Å². The molecule has 2 aromatic rings. The van der Waals surface area contributed by atoms with Crippen LogP contribution < -0.4 is 15.8 Å². The summed E-state index contributed by atoms with van der Waals surface area (Å²) in [6, 6.07) is 12.9. The Hall–Kier alpha value is -2.49. The number of hydrogen-bond acceptors (Lipinski definition) is 3. The van der Waals surface area contributed by atoms with E-state index in [4.69, 9.17) is 10.5 Å². The summed E-state index contributed by atoms with van der Waals surface area (Å²) < 4.78 is 5.11. The van der Waals surface area contributed by atoms with Gasteiger partial charge in [0.1, 0.15) is 5.75 Å². The van der Waals surface area contributed by atoms with Crippen molar-refractivity contribution in [1.29, 1.82) is 0 Å². The van der Waals surface area contributed by atoms with Crippen molar-refractivity contribution in [1.82, 2.24) is 0 Å². The van der Waals surface area contributed by atoms with Crippen LogP contribution in [0.15, 0.2) is 42.5 Å². The summed E-state index contributed by atoms with van der Waals surface area (Å²) in [6.45, 7) is 4.28. The third-order valence-corrected chi connectivity index (χ3v) is 3.84. The van der Waals surface area contributed by atoms with Crippen LogP contribution in [-0.4, -0.2) is 13.0 Å². The van der Waals surface area contributed by atoms with Crippen LogP contribution in [0.1, 0.15) is 42.1 Å². The molecular weight excluding hydrogens is 276 g/mol. The number of carbonyl (C=O) groups is 1. The Balaban J connectivity index is 2.24. The fraction of sp³-hybridized carbons (Fsp3) is 0.278. The van der Waals surface area contributed by atoms with Crippen molar-refractivity contribution in [3.63, 3.8) is 0 Å². The molecule has 0 heterocycles. The summed E-state index contributed by atoms with van der Waals surface area (Å²) in [5, 5.41) is 2.97.